The molecule has 2 rings (SSSR count). The summed E-state index contributed by atoms with van der Waals surface area (Å²) in [6, 6.07) is 5.80. The largest absolute Gasteiger partial charge is 0.437 e. The van der Waals surface area contributed by atoms with Gasteiger partial charge in [0, 0.05) is 23.3 Å². The maximum absolute atomic E-state index is 5.75. The first-order chi connectivity index (χ1) is 8.20. The minimum atomic E-state index is 0.630. The van der Waals surface area contributed by atoms with Crippen LogP contribution in [-0.2, 0) is 5.33 Å². The van der Waals surface area contributed by atoms with Gasteiger partial charge in [-0.3, -0.25) is 4.98 Å². The van der Waals surface area contributed by atoms with Gasteiger partial charge < -0.3 is 4.74 Å². The molecule has 4 heteroatoms. The van der Waals surface area contributed by atoms with Crippen LogP contribution in [0, 0.1) is 13.8 Å². The summed E-state index contributed by atoms with van der Waals surface area (Å²) in [5, 5.41) is 0.799. The Labute approximate surface area is 109 Å². The highest BCUT2D eigenvalue weighted by molar-refractivity contribution is 9.08. The fourth-order valence-electron chi connectivity index (χ4n) is 1.48. The van der Waals surface area contributed by atoms with Crippen LogP contribution in [0.25, 0.3) is 0 Å². The van der Waals surface area contributed by atoms with E-state index in [1.165, 1.54) is 0 Å². The van der Waals surface area contributed by atoms with Crippen LogP contribution < -0.4 is 4.74 Å². The number of rotatable bonds is 3. The number of nitrogens with zero attached hydrogens (tertiary/aromatic N) is 2. The van der Waals surface area contributed by atoms with Crippen LogP contribution >= 0.6 is 15.9 Å². The molecule has 0 unspecified atom stereocenters. The predicted octanol–water partition coefficient (Wildman–Crippen LogP) is 3.78. The molecule has 0 atom stereocenters. The molecule has 0 radical (unpaired) electrons. The molecule has 0 saturated heterocycles. The maximum Gasteiger partial charge on any atom is 0.222 e. The Morgan fingerprint density at radius 1 is 1.29 bits per heavy atom. The Kier molecular flexibility index (Phi) is 3.74. The molecule has 17 heavy (non-hydrogen) atoms. The van der Waals surface area contributed by atoms with E-state index in [2.05, 4.69) is 32.0 Å². The Bertz CT molecular complexity index is 529. The third-order valence-electron chi connectivity index (χ3n) is 2.41. The minimum Gasteiger partial charge on any atom is -0.437 e. The molecule has 0 aliphatic carbocycles. The van der Waals surface area contributed by atoms with Gasteiger partial charge in [0.15, 0.2) is 5.75 Å². The van der Waals surface area contributed by atoms with Crippen molar-refractivity contribution in [3.63, 3.8) is 0 Å². The van der Waals surface area contributed by atoms with Crippen molar-refractivity contribution in [2.45, 2.75) is 19.2 Å². The number of ether oxygens (including phenoxy) is 1. The first kappa shape index (κ1) is 12.0. The number of halogens is 1. The van der Waals surface area contributed by atoms with Crippen molar-refractivity contribution in [2.75, 3.05) is 0 Å². The number of hydrogen-bond acceptors (Lipinski definition) is 3. The van der Waals surface area contributed by atoms with Gasteiger partial charge in [-0.15, -0.1) is 0 Å². The van der Waals surface area contributed by atoms with Crippen LogP contribution in [0.5, 0.6) is 11.6 Å². The number of hydrogen-bond donors (Lipinski definition) is 0. The molecule has 0 aliphatic heterocycles. The van der Waals surface area contributed by atoms with Crippen molar-refractivity contribution in [1.82, 2.24) is 9.97 Å². The molecule has 0 fully saturated rings. The van der Waals surface area contributed by atoms with E-state index in [9.17, 15) is 0 Å². The minimum absolute atomic E-state index is 0.630. The summed E-state index contributed by atoms with van der Waals surface area (Å²) < 4.78 is 5.75. The molecule has 2 aromatic rings. The van der Waals surface area contributed by atoms with E-state index < -0.39 is 0 Å². The first-order valence-electron chi connectivity index (χ1n) is 5.31. The molecule has 0 saturated carbocycles. The van der Waals surface area contributed by atoms with Crippen molar-refractivity contribution < 1.29 is 4.74 Å². The number of alkyl halides is 1. The van der Waals surface area contributed by atoms with Gasteiger partial charge in [0.25, 0.3) is 0 Å². The van der Waals surface area contributed by atoms with Crippen LogP contribution in [0.15, 0.2) is 30.6 Å². The van der Waals surface area contributed by atoms with E-state index in [1.54, 1.807) is 6.20 Å². The molecule has 0 bridgehead atoms. The average Bonchev–Trinajstić information content (AvgIpc) is 2.34. The normalized spacial score (nSPS) is 10.3. The van der Waals surface area contributed by atoms with E-state index in [0.29, 0.717) is 5.88 Å². The summed E-state index contributed by atoms with van der Waals surface area (Å²) in [6.07, 6.45) is 3.55. The zero-order valence-electron chi connectivity index (χ0n) is 9.77. The summed E-state index contributed by atoms with van der Waals surface area (Å²) in [6.45, 7) is 3.90. The lowest BCUT2D eigenvalue weighted by atomic mass is 10.2. The highest BCUT2D eigenvalue weighted by Crippen LogP contribution is 2.25. The first-order valence-corrected chi connectivity index (χ1v) is 6.44. The lowest BCUT2D eigenvalue weighted by Crippen LogP contribution is -1.95. The third kappa shape index (κ3) is 2.82. The molecule has 2 heterocycles. The van der Waals surface area contributed by atoms with Crippen molar-refractivity contribution in [3.05, 3.63) is 47.4 Å². The topological polar surface area (TPSA) is 35.0 Å². The van der Waals surface area contributed by atoms with Gasteiger partial charge in [-0.1, -0.05) is 15.9 Å². The van der Waals surface area contributed by atoms with E-state index in [1.807, 2.05) is 32.2 Å². The van der Waals surface area contributed by atoms with E-state index in [-0.39, 0.29) is 0 Å². The van der Waals surface area contributed by atoms with Gasteiger partial charge >= 0.3 is 0 Å². The van der Waals surface area contributed by atoms with Crippen molar-refractivity contribution in [2.24, 2.45) is 0 Å². The zero-order chi connectivity index (χ0) is 12.3. The molecule has 2 aromatic heterocycles. The standard InChI is InChI=1S/C13H13BrN2O/c1-9-6-11(7-14)8-16-13(9)17-12-4-3-5-15-10(12)2/h3-6,8H,7H2,1-2H3. The summed E-state index contributed by atoms with van der Waals surface area (Å²) in [4.78, 5) is 8.48. The SMILES string of the molecule is Cc1cc(CBr)cnc1Oc1cccnc1C. The Morgan fingerprint density at radius 3 is 2.76 bits per heavy atom. The summed E-state index contributed by atoms with van der Waals surface area (Å²) in [5.41, 5.74) is 3.02. The zero-order valence-corrected chi connectivity index (χ0v) is 11.4. The Balaban J connectivity index is 2.28. The Morgan fingerprint density at radius 2 is 2.12 bits per heavy atom. The molecule has 0 aliphatic rings. The lowest BCUT2D eigenvalue weighted by Gasteiger charge is -2.09. The van der Waals surface area contributed by atoms with E-state index in [0.717, 1.165) is 27.9 Å². The van der Waals surface area contributed by atoms with Crippen molar-refractivity contribution in [3.8, 4) is 11.6 Å². The smallest absolute Gasteiger partial charge is 0.222 e. The molecule has 0 N–H and O–H groups in total. The molecule has 0 amide bonds. The van der Waals surface area contributed by atoms with E-state index >= 15 is 0 Å². The molecular formula is C13H13BrN2O. The van der Waals surface area contributed by atoms with E-state index in [4.69, 9.17) is 4.74 Å². The second-order valence-electron chi connectivity index (χ2n) is 3.79. The number of aryl methyl sites for hydroxylation is 2. The average molecular weight is 293 g/mol. The highest BCUT2D eigenvalue weighted by Gasteiger charge is 2.06. The maximum atomic E-state index is 5.75. The summed E-state index contributed by atoms with van der Waals surface area (Å²) >= 11 is 3.40. The molecular weight excluding hydrogens is 280 g/mol. The number of aromatic nitrogens is 2. The van der Waals surface area contributed by atoms with Crippen LogP contribution in [-0.4, -0.2) is 9.97 Å². The summed E-state index contributed by atoms with van der Waals surface area (Å²) in [5.74, 6) is 1.38. The van der Waals surface area contributed by atoms with Gasteiger partial charge in [-0.05, 0) is 37.6 Å². The second-order valence-corrected chi connectivity index (χ2v) is 4.35. The van der Waals surface area contributed by atoms with Crippen LogP contribution in [0.4, 0.5) is 0 Å². The van der Waals surface area contributed by atoms with Crippen LogP contribution in [0.2, 0.25) is 0 Å². The van der Waals surface area contributed by atoms with Crippen molar-refractivity contribution >= 4 is 15.9 Å². The fourth-order valence-corrected chi connectivity index (χ4v) is 1.79. The van der Waals surface area contributed by atoms with Crippen LogP contribution in [0.3, 0.4) is 0 Å². The number of pyridine rings is 2. The van der Waals surface area contributed by atoms with Gasteiger partial charge in [0.05, 0.1) is 5.69 Å². The quantitative estimate of drug-likeness (QED) is 0.808. The lowest BCUT2D eigenvalue weighted by molar-refractivity contribution is 0.452. The van der Waals surface area contributed by atoms with Gasteiger partial charge in [0.2, 0.25) is 5.88 Å². The second kappa shape index (κ2) is 5.27. The molecule has 88 valence electrons. The van der Waals surface area contributed by atoms with Gasteiger partial charge in [-0.2, -0.15) is 0 Å². The molecule has 0 aromatic carbocycles. The van der Waals surface area contributed by atoms with Gasteiger partial charge in [-0.25, -0.2) is 4.98 Å². The predicted molar refractivity (Wildman–Crippen MR) is 70.7 cm³/mol. The van der Waals surface area contributed by atoms with Gasteiger partial charge in [0.1, 0.15) is 0 Å². The van der Waals surface area contributed by atoms with Crippen LogP contribution in [0.1, 0.15) is 16.8 Å². The van der Waals surface area contributed by atoms with Crippen molar-refractivity contribution in [1.29, 1.82) is 0 Å². The monoisotopic (exact) mass is 292 g/mol. The summed E-state index contributed by atoms with van der Waals surface area (Å²) in [7, 11) is 0. The third-order valence-corrected chi connectivity index (χ3v) is 3.05. The molecule has 0 spiro atoms. The Hall–Kier alpha value is -1.42. The fraction of sp³-hybridized carbons (Fsp3) is 0.231. The highest BCUT2D eigenvalue weighted by atomic mass is 79.9. The molecule has 3 nitrogen and oxygen atoms in total.